The molecular weight excluding hydrogens is 278 g/mol. The van der Waals surface area contributed by atoms with Gasteiger partial charge in [-0.1, -0.05) is 0 Å². The number of nitrogens with zero attached hydrogens (tertiary/aromatic N) is 2. The molecule has 0 aliphatic rings. The number of amides is 2. The highest BCUT2D eigenvalue weighted by Gasteiger charge is 2.21. The zero-order chi connectivity index (χ0) is 16.0. The Kier molecular flexibility index (Phi) is 5.58. The third kappa shape index (κ3) is 4.71. The number of carbonyl (C=O) groups is 2. The molecule has 1 heterocycles. The zero-order valence-electron chi connectivity index (χ0n) is 12.0. The molecule has 114 valence electrons. The van der Waals surface area contributed by atoms with E-state index in [2.05, 4.69) is 20.9 Å². The van der Waals surface area contributed by atoms with Crippen LogP contribution >= 0.6 is 0 Å². The number of pyridine rings is 1. The van der Waals surface area contributed by atoms with Crippen LogP contribution in [0.15, 0.2) is 12.3 Å². The summed E-state index contributed by atoms with van der Waals surface area (Å²) in [4.78, 5) is 37.4. The van der Waals surface area contributed by atoms with Crippen LogP contribution in [0.3, 0.4) is 0 Å². The van der Waals surface area contributed by atoms with Crippen molar-refractivity contribution >= 4 is 23.3 Å². The Hall–Kier alpha value is -2.71. The molecule has 0 fully saturated rings. The quantitative estimate of drug-likeness (QED) is 0.511. The molecule has 3 N–H and O–H groups in total. The predicted octanol–water partition coefficient (Wildman–Crippen LogP) is 0.286. The summed E-state index contributed by atoms with van der Waals surface area (Å²) in [6.45, 7) is 3.31. The summed E-state index contributed by atoms with van der Waals surface area (Å²) in [5, 5.41) is 18.5. The van der Waals surface area contributed by atoms with Gasteiger partial charge in [0.05, 0.1) is 11.5 Å². The number of rotatable bonds is 6. The molecule has 1 aromatic heterocycles. The number of hydrogen-bond acceptors (Lipinski definition) is 6. The van der Waals surface area contributed by atoms with Gasteiger partial charge in [-0.05, 0) is 13.8 Å². The van der Waals surface area contributed by atoms with Gasteiger partial charge in [0.1, 0.15) is 17.6 Å². The first-order valence-electron chi connectivity index (χ1n) is 6.25. The predicted molar refractivity (Wildman–Crippen MR) is 76.1 cm³/mol. The van der Waals surface area contributed by atoms with E-state index in [4.69, 9.17) is 0 Å². The minimum atomic E-state index is -0.709. The summed E-state index contributed by atoms with van der Waals surface area (Å²) < 4.78 is 0. The van der Waals surface area contributed by atoms with E-state index in [1.54, 1.807) is 20.9 Å². The van der Waals surface area contributed by atoms with Gasteiger partial charge in [0, 0.05) is 19.2 Å². The molecule has 0 bridgehead atoms. The standard InChI is InChI=1S/C12H17N5O4/c1-7(2)16-11(18)6-15-12(19)8-4-10(13-3)14-5-9(8)17(20)21/h4-5,7H,6H2,1-3H3,(H,13,14)(H,15,19)(H,16,18). The van der Waals surface area contributed by atoms with E-state index in [9.17, 15) is 19.7 Å². The van der Waals surface area contributed by atoms with Gasteiger partial charge in [-0.3, -0.25) is 19.7 Å². The fraction of sp³-hybridized carbons (Fsp3) is 0.417. The highest BCUT2D eigenvalue weighted by Crippen LogP contribution is 2.19. The molecule has 0 unspecified atom stereocenters. The zero-order valence-corrected chi connectivity index (χ0v) is 12.0. The molecule has 0 saturated heterocycles. The lowest BCUT2D eigenvalue weighted by Gasteiger charge is -2.10. The van der Waals surface area contributed by atoms with E-state index in [1.165, 1.54) is 6.07 Å². The third-order valence-corrected chi connectivity index (χ3v) is 2.44. The lowest BCUT2D eigenvalue weighted by molar-refractivity contribution is -0.385. The molecule has 0 spiro atoms. The van der Waals surface area contributed by atoms with Crippen LogP contribution in [0.5, 0.6) is 0 Å². The molecule has 21 heavy (non-hydrogen) atoms. The maximum atomic E-state index is 12.0. The third-order valence-electron chi connectivity index (χ3n) is 2.44. The Morgan fingerprint density at radius 1 is 1.43 bits per heavy atom. The second-order valence-corrected chi connectivity index (χ2v) is 4.50. The Balaban J connectivity index is 2.85. The summed E-state index contributed by atoms with van der Waals surface area (Å²) in [7, 11) is 1.58. The topological polar surface area (TPSA) is 126 Å². The minimum Gasteiger partial charge on any atom is -0.373 e. The fourth-order valence-corrected chi connectivity index (χ4v) is 1.54. The maximum absolute atomic E-state index is 12.0. The van der Waals surface area contributed by atoms with Gasteiger partial charge < -0.3 is 16.0 Å². The molecule has 2 amide bonds. The first kappa shape index (κ1) is 16.3. The smallest absolute Gasteiger partial charge is 0.300 e. The Labute approximate surface area is 121 Å². The summed E-state index contributed by atoms with van der Waals surface area (Å²) >= 11 is 0. The van der Waals surface area contributed by atoms with E-state index in [1.807, 2.05) is 0 Å². The van der Waals surface area contributed by atoms with Gasteiger partial charge in [0.25, 0.3) is 11.6 Å². The van der Waals surface area contributed by atoms with Crippen molar-refractivity contribution in [2.45, 2.75) is 19.9 Å². The van der Waals surface area contributed by atoms with Crippen LogP contribution in [0.1, 0.15) is 24.2 Å². The SMILES string of the molecule is CNc1cc(C(=O)NCC(=O)NC(C)C)c([N+](=O)[O-])cn1. The summed E-state index contributed by atoms with van der Waals surface area (Å²) in [6, 6.07) is 1.20. The lowest BCUT2D eigenvalue weighted by atomic mass is 10.2. The Morgan fingerprint density at radius 3 is 2.62 bits per heavy atom. The minimum absolute atomic E-state index is 0.0550. The van der Waals surface area contributed by atoms with Crippen molar-refractivity contribution in [3.63, 3.8) is 0 Å². The highest BCUT2D eigenvalue weighted by atomic mass is 16.6. The molecule has 0 aliphatic carbocycles. The van der Waals surface area contributed by atoms with E-state index < -0.39 is 16.5 Å². The van der Waals surface area contributed by atoms with Gasteiger partial charge in [-0.25, -0.2) is 4.98 Å². The van der Waals surface area contributed by atoms with E-state index in [0.29, 0.717) is 5.82 Å². The summed E-state index contributed by atoms with van der Waals surface area (Å²) in [5.74, 6) is -0.763. The van der Waals surface area contributed by atoms with Crippen LogP contribution < -0.4 is 16.0 Å². The average molecular weight is 295 g/mol. The summed E-state index contributed by atoms with van der Waals surface area (Å²) in [5.41, 5.74) is -0.576. The van der Waals surface area contributed by atoms with Gasteiger partial charge in [0.2, 0.25) is 5.91 Å². The fourth-order valence-electron chi connectivity index (χ4n) is 1.54. The molecular formula is C12H17N5O4. The molecule has 0 radical (unpaired) electrons. The van der Waals surface area contributed by atoms with Crippen LogP contribution in [-0.2, 0) is 4.79 Å². The van der Waals surface area contributed by atoms with Crippen LogP contribution in [0.4, 0.5) is 11.5 Å². The maximum Gasteiger partial charge on any atom is 0.300 e. The van der Waals surface area contributed by atoms with Crippen molar-refractivity contribution in [2.24, 2.45) is 0 Å². The van der Waals surface area contributed by atoms with Crippen molar-refractivity contribution in [3.8, 4) is 0 Å². The number of carbonyl (C=O) groups excluding carboxylic acids is 2. The summed E-state index contributed by atoms with van der Waals surface area (Å²) in [6.07, 6.45) is 0.995. The molecule has 0 aliphatic heterocycles. The number of nitrogens with one attached hydrogen (secondary N) is 3. The highest BCUT2D eigenvalue weighted by molar-refractivity contribution is 6.00. The normalized spacial score (nSPS) is 10.1. The van der Waals surface area contributed by atoms with Crippen molar-refractivity contribution in [1.29, 1.82) is 0 Å². The molecule has 0 saturated carbocycles. The van der Waals surface area contributed by atoms with Crippen LogP contribution in [0, 0.1) is 10.1 Å². The monoisotopic (exact) mass is 295 g/mol. The first-order chi connectivity index (χ1) is 9.85. The molecule has 1 aromatic rings. The van der Waals surface area contributed by atoms with Gasteiger partial charge in [-0.2, -0.15) is 0 Å². The van der Waals surface area contributed by atoms with E-state index >= 15 is 0 Å². The van der Waals surface area contributed by atoms with Crippen molar-refractivity contribution in [2.75, 3.05) is 18.9 Å². The lowest BCUT2D eigenvalue weighted by Crippen LogP contribution is -2.39. The van der Waals surface area contributed by atoms with Gasteiger partial charge in [0.15, 0.2) is 0 Å². The Bertz CT molecular complexity index is 559. The molecule has 1 rings (SSSR count). The molecule has 0 atom stereocenters. The number of aromatic nitrogens is 1. The van der Waals surface area contributed by atoms with E-state index in [0.717, 1.165) is 6.20 Å². The van der Waals surface area contributed by atoms with E-state index in [-0.39, 0.29) is 24.1 Å². The first-order valence-corrected chi connectivity index (χ1v) is 6.25. The van der Waals surface area contributed by atoms with Gasteiger partial charge in [-0.15, -0.1) is 0 Å². The van der Waals surface area contributed by atoms with Gasteiger partial charge >= 0.3 is 0 Å². The average Bonchev–Trinajstić information content (AvgIpc) is 2.43. The number of nitro groups is 1. The van der Waals surface area contributed by atoms with Crippen LogP contribution in [0.2, 0.25) is 0 Å². The van der Waals surface area contributed by atoms with Crippen molar-refractivity contribution < 1.29 is 14.5 Å². The van der Waals surface area contributed by atoms with Crippen molar-refractivity contribution in [1.82, 2.24) is 15.6 Å². The molecule has 0 aromatic carbocycles. The van der Waals surface area contributed by atoms with Crippen molar-refractivity contribution in [3.05, 3.63) is 27.9 Å². The molecule has 9 nitrogen and oxygen atoms in total. The van der Waals surface area contributed by atoms with Crippen LogP contribution in [-0.4, -0.2) is 41.4 Å². The van der Waals surface area contributed by atoms with Crippen LogP contribution in [0.25, 0.3) is 0 Å². The second-order valence-electron chi connectivity index (χ2n) is 4.50. The number of anilines is 1. The molecule has 9 heteroatoms. The Morgan fingerprint density at radius 2 is 2.10 bits per heavy atom. The number of hydrogen-bond donors (Lipinski definition) is 3. The largest absolute Gasteiger partial charge is 0.373 e. The second kappa shape index (κ2) is 7.17.